The highest BCUT2D eigenvalue weighted by atomic mass is 16.7. The van der Waals surface area contributed by atoms with Gasteiger partial charge in [-0.15, -0.1) is 0 Å². The van der Waals surface area contributed by atoms with E-state index in [1.165, 1.54) is 12.7 Å². The third-order valence-corrected chi connectivity index (χ3v) is 16.6. The molecule has 0 aromatic heterocycles. The first-order valence-electron chi connectivity index (χ1n) is 23.0. The van der Waals surface area contributed by atoms with Gasteiger partial charge in [-0.1, -0.05) is 31.6 Å². The summed E-state index contributed by atoms with van der Waals surface area (Å²) in [5.74, 6) is -0.723. The molecule has 3 saturated heterocycles. The molecule has 3 aliphatic heterocycles. The van der Waals surface area contributed by atoms with Crippen LogP contribution in [0, 0.1) is 28.6 Å². The van der Waals surface area contributed by atoms with Gasteiger partial charge in [0.25, 0.3) is 0 Å². The number of rotatable bonds is 13. The molecular formula is C47H74O15. The topological polar surface area (TPSA) is 187 Å². The van der Waals surface area contributed by atoms with Crippen molar-refractivity contribution in [3.8, 4) is 0 Å². The number of hydrogen-bond acceptors (Lipinski definition) is 15. The Hall–Kier alpha value is -1.86. The molecule has 15 nitrogen and oxygen atoms in total. The fourth-order valence-electron chi connectivity index (χ4n) is 12.8. The van der Waals surface area contributed by atoms with Crippen LogP contribution in [0.2, 0.25) is 0 Å². The standard InChI is InChI=1S/C47H74O15/c1-11-24(2)43(51)60-37-20-33-32(47(52)17-15-31(25(3)49)46(37,47)7)13-12-28-18-29(14-16-45(28,33)6)58-38-21-35(54-9)41(26(4)56-38)61-39-22-36(55-10)42(27(5)57-39)62-44-40(50)34(53-8)19-30(23-48)59-44/h11-12,26-27,29-42,44,48,50,52H,13-23H2,1-10H3/b24-11+/t26?,27?,29-,30?,31+,32?,33?,34?,35?,36?,37+,38?,39?,40?,41?,42?,44?,45-,46-,47-/m0/s1. The molecule has 15 heteroatoms. The maximum Gasteiger partial charge on any atom is 0.333 e. The van der Waals surface area contributed by atoms with Crippen molar-refractivity contribution in [2.24, 2.45) is 28.6 Å². The van der Waals surface area contributed by atoms with Gasteiger partial charge in [-0.2, -0.15) is 0 Å². The minimum Gasteiger partial charge on any atom is -0.458 e. The highest BCUT2D eigenvalue weighted by Gasteiger charge is 2.71. The zero-order valence-electron chi connectivity index (χ0n) is 38.5. The molecule has 6 fully saturated rings. The van der Waals surface area contributed by atoms with Gasteiger partial charge in [0.1, 0.15) is 30.2 Å². The number of Topliss-reactive ketones (excluding diaryl/α,β-unsaturated/α-hetero) is 1. The van der Waals surface area contributed by atoms with Crippen LogP contribution in [0.15, 0.2) is 23.3 Å². The molecule has 3 saturated carbocycles. The van der Waals surface area contributed by atoms with Crippen molar-refractivity contribution in [3.63, 3.8) is 0 Å². The summed E-state index contributed by atoms with van der Waals surface area (Å²) in [6.45, 7) is 13.0. The molecular weight excluding hydrogens is 805 g/mol. The van der Waals surface area contributed by atoms with Crippen LogP contribution in [0.1, 0.15) is 113 Å². The van der Waals surface area contributed by atoms with Crippen LogP contribution in [0.5, 0.6) is 0 Å². The molecule has 0 aromatic rings. The van der Waals surface area contributed by atoms with E-state index < -0.39 is 90.8 Å². The van der Waals surface area contributed by atoms with Crippen molar-refractivity contribution in [2.45, 2.75) is 204 Å². The number of methoxy groups -OCH3 is 3. The first-order chi connectivity index (χ1) is 29.4. The molecule has 352 valence electrons. The lowest BCUT2D eigenvalue weighted by Gasteiger charge is -2.63. The molecule has 14 unspecified atom stereocenters. The normalized spacial score (nSPS) is 48.4. The number of allylic oxidation sites excluding steroid dienone is 2. The van der Waals surface area contributed by atoms with E-state index in [2.05, 4.69) is 13.0 Å². The van der Waals surface area contributed by atoms with Crippen LogP contribution >= 0.6 is 0 Å². The number of carbonyl (C=O) groups excluding carboxylic acids is 2. The lowest BCUT2D eigenvalue weighted by Crippen LogP contribution is -2.66. The number of hydrogen-bond donors (Lipinski definition) is 3. The molecule has 20 atom stereocenters. The summed E-state index contributed by atoms with van der Waals surface area (Å²) in [6, 6.07) is 0. The Balaban J connectivity index is 0.979. The minimum atomic E-state index is -1.15. The van der Waals surface area contributed by atoms with Crippen LogP contribution in [0.4, 0.5) is 0 Å². The molecule has 3 N–H and O–H groups in total. The SMILES string of the molecule is C/C=C(\C)C(=O)O[C@@H]1CC2C(CC=C3C[C@@H](OC4CC(OC)C(OC5CC(OC)C(OC6OC(CO)CC(OC)C6O)C(C)O5)C(C)O4)CC[C@@]32C)[C@@]2(O)CC[C@H](C(C)=O)[C@@]12C. The summed E-state index contributed by atoms with van der Waals surface area (Å²) in [6.07, 6.45) is 2.17. The van der Waals surface area contributed by atoms with E-state index in [1.807, 2.05) is 27.7 Å². The number of ether oxygens (including phenoxy) is 10. The van der Waals surface area contributed by atoms with Crippen molar-refractivity contribution in [1.82, 2.24) is 0 Å². The van der Waals surface area contributed by atoms with Gasteiger partial charge >= 0.3 is 5.97 Å². The van der Waals surface area contributed by atoms with E-state index in [4.69, 9.17) is 47.4 Å². The molecule has 0 radical (unpaired) electrons. The number of esters is 1. The van der Waals surface area contributed by atoms with Gasteiger partial charge in [-0.25, -0.2) is 4.79 Å². The first-order valence-corrected chi connectivity index (χ1v) is 23.0. The van der Waals surface area contributed by atoms with Crippen molar-refractivity contribution >= 4 is 11.8 Å². The molecule has 7 aliphatic rings. The Morgan fingerprint density at radius 2 is 1.47 bits per heavy atom. The lowest BCUT2D eigenvalue weighted by molar-refractivity contribution is -0.346. The molecule has 62 heavy (non-hydrogen) atoms. The predicted molar refractivity (Wildman–Crippen MR) is 223 cm³/mol. The second-order valence-electron chi connectivity index (χ2n) is 19.7. The van der Waals surface area contributed by atoms with Gasteiger partial charge < -0.3 is 62.7 Å². The van der Waals surface area contributed by atoms with Gasteiger partial charge in [-0.3, -0.25) is 4.79 Å². The summed E-state index contributed by atoms with van der Waals surface area (Å²) >= 11 is 0. The highest BCUT2D eigenvalue weighted by Crippen LogP contribution is 2.68. The lowest BCUT2D eigenvalue weighted by atomic mass is 9.45. The summed E-state index contributed by atoms with van der Waals surface area (Å²) in [4.78, 5) is 26.4. The predicted octanol–water partition coefficient (Wildman–Crippen LogP) is 4.70. The maximum absolute atomic E-state index is 13.3. The molecule has 0 amide bonds. The van der Waals surface area contributed by atoms with Gasteiger partial charge in [0.2, 0.25) is 0 Å². The van der Waals surface area contributed by atoms with Crippen LogP contribution in [0.25, 0.3) is 0 Å². The van der Waals surface area contributed by atoms with E-state index >= 15 is 0 Å². The molecule has 7 rings (SSSR count). The van der Waals surface area contributed by atoms with Crippen molar-refractivity contribution in [3.05, 3.63) is 23.3 Å². The molecule has 0 spiro atoms. The average molecular weight is 879 g/mol. The molecule has 3 heterocycles. The van der Waals surface area contributed by atoms with Crippen molar-refractivity contribution < 1.29 is 72.3 Å². The smallest absolute Gasteiger partial charge is 0.333 e. The van der Waals surface area contributed by atoms with E-state index in [9.17, 15) is 24.9 Å². The van der Waals surface area contributed by atoms with Gasteiger partial charge in [-0.05, 0) is 96.8 Å². The minimum absolute atomic E-state index is 0.0396. The van der Waals surface area contributed by atoms with Gasteiger partial charge in [0, 0.05) is 57.5 Å². The Bertz CT molecular complexity index is 1650. The van der Waals surface area contributed by atoms with Crippen LogP contribution in [0.3, 0.4) is 0 Å². The zero-order valence-corrected chi connectivity index (χ0v) is 38.5. The Morgan fingerprint density at radius 3 is 2.06 bits per heavy atom. The second kappa shape index (κ2) is 19.2. The van der Waals surface area contributed by atoms with E-state index in [0.717, 1.165) is 19.3 Å². The quantitative estimate of drug-likeness (QED) is 0.131. The van der Waals surface area contributed by atoms with Gasteiger partial charge in [0.05, 0.1) is 54.9 Å². The van der Waals surface area contributed by atoms with Crippen molar-refractivity contribution in [1.29, 1.82) is 0 Å². The first kappa shape index (κ1) is 48.1. The third kappa shape index (κ3) is 8.65. The second-order valence-corrected chi connectivity index (χ2v) is 19.7. The number of aliphatic hydroxyl groups excluding tert-OH is 2. The summed E-state index contributed by atoms with van der Waals surface area (Å²) < 4.78 is 62.0. The molecule has 4 aliphatic carbocycles. The average Bonchev–Trinajstić information content (AvgIpc) is 3.54. The molecule has 0 aromatic carbocycles. The summed E-state index contributed by atoms with van der Waals surface area (Å²) in [5.41, 5.74) is -0.436. The number of carbonyl (C=O) groups is 2. The van der Waals surface area contributed by atoms with Gasteiger partial charge in [0.15, 0.2) is 18.9 Å². The fraction of sp³-hybridized carbons (Fsp3) is 0.872. The van der Waals surface area contributed by atoms with Crippen LogP contribution in [-0.2, 0) is 57.0 Å². The van der Waals surface area contributed by atoms with Crippen molar-refractivity contribution in [2.75, 3.05) is 27.9 Å². The number of fused-ring (bicyclic) bond motifs is 5. The Morgan fingerprint density at radius 1 is 0.839 bits per heavy atom. The van der Waals surface area contributed by atoms with E-state index in [1.54, 1.807) is 34.1 Å². The highest BCUT2D eigenvalue weighted by molar-refractivity contribution is 5.88. The monoisotopic (exact) mass is 879 g/mol. The number of ketones is 1. The molecule has 0 bridgehead atoms. The third-order valence-electron chi connectivity index (χ3n) is 16.6. The zero-order chi connectivity index (χ0) is 44.9. The summed E-state index contributed by atoms with van der Waals surface area (Å²) in [5, 5.41) is 33.4. The van der Waals surface area contributed by atoms with Crippen LogP contribution < -0.4 is 0 Å². The maximum atomic E-state index is 13.3. The number of aliphatic hydroxyl groups is 3. The van der Waals surface area contributed by atoms with E-state index in [0.29, 0.717) is 50.5 Å². The largest absolute Gasteiger partial charge is 0.458 e. The Kier molecular flexibility index (Phi) is 14.9. The summed E-state index contributed by atoms with van der Waals surface area (Å²) in [7, 11) is 4.77. The van der Waals surface area contributed by atoms with E-state index in [-0.39, 0.29) is 47.8 Å². The fourth-order valence-corrected chi connectivity index (χ4v) is 12.8. The Labute approximate surface area is 367 Å². The van der Waals surface area contributed by atoms with Crippen LogP contribution in [-0.4, -0.2) is 147 Å².